The number of nitrogens with one attached hydrogen (secondary N) is 2. The molecule has 1 rings (SSSR count). The maximum Gasteiger partial charge on any atom is 0.426 e. The number of pyridine rings is 1. The Morgan fingerprint density at radius 1 is 1.33 bits per heavy atom. The molecular formula is C11H16N4O3. The van der Waals surface area contributed by atoms with Crippen LogP contribution in [0.1, 0.15) is 31.1 Å². The lowest BCUT2D eigenvalue weighted by molar-refractivity contribution is 0.0540. The molecule has 0 fully saturated rings. The van der Waals surface area contributed by atoms with Gasteiger partial charge in [0, 0.05) is 6.20 Å². The topological polar surface area (TPSA) is 106 Å². The molecule has 0 aromatic carbocycles. The van der Waals surface area contributed by atoms with E-state index in [9.17, 15) is 9.59 Å². The molecule has 18 heavy (non-hydrogen) atoms. The van der Waals surface area contributed by atoms with Crippen LogP contribution in [0.5, 0.6) is 0 Å². The molecule has 0 aliphatic heterocycles. The Hall–Kier alpha value is -2.31. The smallest absolute Gasteiger partial charge is 0.426 e. The quantitative estimate of drug-likeness (QED) is 0.696. The van der Waals surface area contributed by atoms with Gasteiger partial charge in [-0.2, -0.15) is 0 Å². The van der Waals surface area contributed by atoms with E-state index in [0.717, 1.165) is 0 Å². The second-order valence-corrected chi connectivity index (χ2v) is 4.55. The largest absolute Gasteiger partial charge is 0.443 e. The number of anilines is 1. The van der Waals surface area contributed by atoms with Gasteiger partial charge in [0.2, 0.25) is 5.91 Å². The summed E-state index contributed by atoms with van der Waals surface area (Å²) in [6, 6.07) is 3.01. The molecule has 0 radical (unpaired) electrons. The molecule has 7 heteroatoms. The minimum Gasteiger partial charge on any atom is -0.443 e. The monoisotopic (exact) mass is 252 g/mol. The second kappa shape index (κ2) is 5.35. The Balaban J connectivity index is 2.49. The standard InChI is InChI=1S/C11H16N4O3/c1-11(2,3)18-10(17)15-14-8-5-4-7(6-13-8)9(12)16/h4-6H,1-3H3,(H2,12,16)(H,13,14)(H,15,17). The number of nitrogens with two attached hydrogens (primary N) is 1. The predicted molar refractivity (Wildman–Crippen MR) is 65.7 cm³/mol. The molecule has 0 aliphatic carbocycles. The van der Waals surface area contributed by atoms with E-state index in [-0.39, 0.29) is 5.56 Å². The second-order valence-electron chi connectivity index (χ2n) is 4.55. The molecule has 1 heterocycles. The first-order valence-electron chi connectivity index (χ1n) is 5.29. The van der Waals surface area contributed by atoms with Crippen molar-refractivity contribution in [3.05, 3.63) is 23.9 Å². The Labute approximate surface area is 105 Å². The first kappa shape index (κ1) is 13.8. The van der Waals surface area contributed by atoms with Crippen LogP contribution < -0.4 is 16.6 Å². The van der Waals surface area contributed by atoms with Gasteiger partial charge in [0.15, 0.2) is 0 Å². The van der Waals surface area contributed by atoms with Gasteiger partial charge in [0.1, 0.15) is 11.4 Å². The third kappa shape index (κ3) is 4.69. The van der Waals surface area contributed by atoms with Gasteiger partial charge in [-0.1, -0.05) is 0 Å². The zero-order valence-corrected chi connectivity index (χ0v) is 10.5. The highest BCUT2D eigenvalue weighted by Crippen LogP contribution is 2.07. The fourth-order valence-electron chi connectivity index (χ4n) is 1.03. The van der Waals surface area contributed by atoms with Gasteiger partial charge in [-0.05, 0) is 32.9 Å². The number of primary amides is 1. The summed E-state index contributed by atoms with van der Waals surface area (Å²) in [7, 11) is 0. The number of hydrogen-bond acceptors (Lipinski definition) is 5. The van der Waals surface area contributed by atoms with Crippen LogP contribution in [-0.4, -0.2) is 22.6 Å². The fraction of sp³-hybridized carbons (Fsp3) is 0.364. The minimum absolute atomic E-state index is 0.290. The van der Waals surface area contributed by atoms with Crippen molar-refractivity contribution in [2.24, 2.45) is 5.73 Å². The summed E-state index contributed by atoms with van der Waals surface area (Å²) in [5.74, 6) is -0.194. The maximum atomic E-state index is 11.3. The van der Waals surface area contributed by atoms with E-state index in [1.807, 2.05) is 0 Å². The van der Waals surface area contributed by atoms with Gasteiger partial charge in [-0.25, -0.2) is 15.2 Å². The molecule has 0 saturated carbocycles. The average Bonchev–Trinajstić information content (AvgIpc) is 2.24. The molecule has 1 aromatic rings. The molecule has 0 aliphatic rings. The number of carbonyl (C=O) groups is 2. The van der Waals surface area contributed by atoms with Gasteiger partial charge in [-0.15, -0.1) is 0 Å². The van der Waals surface area contributed by atoms with E-state index in [1.54, 1.807) is 20.8 Å². The van der Waals surface area contributed by atoms with Crippen LogP contribution in [0.25, 0.3) is 0 Å². The summed E-state index contributed by atoms with van der Waals surface area (Å²) in [5, 5.41) is 0. The Bertz CT molecular complexity index is 437. The maximum absolute atomic E-state index is 11.3. The van der Waals surface area contributed by atoms with Crippen LogP contribution in [0.2, 0.25) is 0 Å². The van der Waals surface area contributed by atoms with E-state index >= 15 is 0 Å². The molecule has 2 amide bonds. The van der Waals surface area contributed by atoms with Crippen molar-refractivity contribution >= 4 is 17.8 Å². The molecule has 0 spiro atoms. The zero-order valence-electron chi connectivity index (χ0n) is 10.5. The van der Waals surface area contributed by atoms with Gasteiger partial charge in [-0.3, -0.25) is 10.2 Å². The first-order valence-corrected chi connectivity index (χ1v) is 5.29. The Kier molecular flexibility index (Phi) is 4.09. The Morgan fingerprint density at radius 2 is 2.00 bits per heavy atom. The summed E-state index contributed by atoms with van der Waals surface area (Å²) in [6.07, 6.45) is 0.685. The lowest BCUT2D eigenvalue weighted by Gasteiger charge is -2.19. The van der Waals surface area contributed by atoms with Gasteiger partial charge in [0.05, 0.1) is 5.56 Å². The summed E-state index contributed by atoms with van der Waals surface area (Å²) in [5.41, 5.74) is 9.64. The number of rotatable bonds is 3. The van der Waals surface area contributed by atoms with Crippen LogP contribution in [0.15, 0.2) is 18.3 Å². The van der Waals surface area contributed by atoms with Crippen molar-refractivity contribution in [3.8, 4) is 0 Å². The molecule has 7 nitrogen and oxygen atoms in total. The molecule has 1 aromatic heterocycles. The summed E-state index contributed by atoms with van der Waals surface area (Å²) < 4.78 is 5.01. The van der Waals surface area contributed by atoms with Crippen LogP contribution in [0, 0.1) is 0 Å². The Morgan fingerprint density at radius 3 is 2.44 bits per heavy atom. The molecule has 0 unspecified atom stereocenters. The highest BCUT2D eigenvalue weighted by atomic mass is 16.6. The third-order valence-corrected chi connectivity index (χ3v) is 1.74. The van der Waals surface area contributed by atoms with E-state index in [1.165, 1.54) is 18.3 Å². The number of aromatic nitrogens is 1. The third-order valence-electron chi connectivity index (χ3n) is 1.74. The van der Waals surface area contributed by atoms with Crippen LogP contribution in [0.4, 0.5) is 10.6 Å². The lowest BCUT2D eigenvalue weighted by Crippen LogP contribution is -2.36. The van der Waals surface area contributed by atoms with Crippen molar-refractivity contribution < 1.29 is 14.3 Å². The summed E-state index contributed by atoms with van der Waals surface area (Å²) >= 11 is 0. The molecule has 0 bridgehead atoms. The van der Waals surface area contributed by atoms with E-state index in [4.69, 9.17) is 10.5 Å². The highest BCUT2D eigenvalue weighted by Gasteiger charge is 2.15. The van der Waals surface area contributed by atoms with Crippen molar-refractivity contribution in [1.29, 1.82) is 0 Å². The predicted octanol–water partition coefficient (Wildman–Crippen LogP) is 1.03. The van der Waals surface area contributed by atoms with Crippen LogP contribution >= 0.6 is 0 Å². The minimum atomic E-state index is -0.622. The lowest BCUT2D eigenvalue weighted by atomic mass is 10.2. The van der Waals surface area contributed by atoms with Crippen molar-refractivity contribution in [2.75, 3.05) is 5.43 Å². The van der Waals surface area contributed by atoms with Gasteiger partial charge >= 0.3 is 6.09 Å². The van der Waals surface area contributed by atoms with E-state index in [2.05, 4.69) is 15.8 Å². The molecule has 0 atom stereocenters. The van der Waals surface area contributed by atoms with Crippen molar-refractivity contribution in [2.45, 2.75) is 26.4 Å². The van der Waals surface area contributed by atoms with Crippen LogP contribution in [-0.2, 0) is 4.74 Å². The highest BCUT2D eigenvalue weighted by molar-refractivity contribution is 5.92. The molecule has 0 saturated heterocycles. The van der Waals surface area contributed by atoms with Gasteiger partial charge < -0.3 is 10.5 Å². The SMILES string of the molecule is CC(C)(C)OC(=O)NNc1ccc(C(N)=O)cn1. The van der Waals surface area contributed by atoms with Gasteiger partial charge in [0.25, 0.3) is 0 Å². The number of hydrogen-bond donors (Lipinski definition) is 3. The van der Waals surface area contributed by atoms with Crippen molar-refractivity contribution in [3.63, 3.8) is 0 Å². The number of nitrogens with zero attached hydrogens (tertiary/aromatic N) is 1. The molecule has 98 valence electrons. The van der Waals surface area contributed by atoms with E-state index in [0.29, 0.717) is 5.82 Å². The number of ether oxygens (including phenoxy) is 1. The fourth-order valence-corrected chi connectivity index (χ4v) is 1.03. The van der Waals surface area contributed by atoms with E-state index < -0.39 is 17.6 Å². The normalized spacial score (nSPS) is 10.6. The average molecular weight is 252 g/mol. The summed E-state index contributed by atoms with van der Waals surface area (Å²) in [4.78, 5) is 26.0. The molecular weight excluding hydrogens is 236 g/mol. The summed E-state index contributed by atoms with van der Waals surface area (Å²) in [6.45, 7) is 5.27. The van der Waals surface area contributed by atoms with Crippen molar-refractivity contribution in [1.82, 2.24) is 10.4 Å². The number of hydrazine groups is 1. The van der Waals surface area contributed by atoms with Crippen LogP contribution in [0.3, 0.4) is 0 Å². The molecule has 4 N–H and O–H groups in total. The number of amides is 2. The number of carbonyl (C=O) groups excluding carboxylic acids is 2. The zero-order chi connectivity index (χ0) is 13.8. The first-order chi connectivity index (χ1) is 8.28.